The first-order valence-corrected chi connectivity index (χ1v) is 5.49. The van der Waals surface area contributed by atoms with Crippen molar-refractivity contribution in [2.45, 2.75) is 51.6 Å². The van der Waals surface area contributed by atoms with Crippen molar-refractivity contribution in [2.75, 3.05) is 13.7 Å². The molecule has 0 spiro atoms. The Kier molecular flexibility index (Phi) is 4.74. The molecule has 0 aliphatic heterocycles. The van der Waals surface area contributed by atoms with Crippen molar-refractivity contribution in [2.24, 2.45) is 5.92 Å². The first kappa shape index (κ1) is 11.0. The fourth-order valence-corrected chi connectivity index (χ4v) is 2.14. The van der Waals surface area contributed by atoms with Crippen LogP contribution in [0.2, 0.25) is 0 Å². The molecule has 3 unspecified atom stereocenters. The maximum atomic E-state index is 5.06. The maximum absolute atomic E-state index is 5.06. The van der Waals surface area contributed by atoms with Gasteiger partial charge in [-0.1, -0.05) is 13.3 Å². The number of hydrogen-bond acceptors (Lipinski definition) is 2. The van der Waals surface area contributed by atoms with Gasteiger partial charge in [0.2, 0.25) is 0 Å². The van der Waals surface area contributed by atoms with Crippen LogP contribution in [0.25, 0.3) is 0 Å². The van der Waals surface area contributed by atoms with Crippen LogP contribution in [0.15, 0.2) is 0 Å². The summed E-state index contributed by atoms with van der Waals surface area (Å²) in [5.41, 5.74) is 0. The third-order valence-electron chi connectivity index (χ3n) is 3.12. The van der Waals surface area contributed by atoms with Crippen LogP contribution in [-0.4, -0.2) is 25.8 Å². The first-order valence-electron chi connectivity index (χ1n) is 5.49. The van der Waals surface area contributed by atoms with Crippen LogP contribution in [-0.2, 0) is 4.74 Å². The Morgan fingerprint density at radius 1 is 1.46 bits per heavy atom. The zero-order valence-electron chi connectivity index (χ0n) is 9.18. The normalized spacial score (nSPS) is 30.7. The minimum atomic E-state index is 0.602. The molecule has 0 radical (unpaired) electrons. The summed E-state index contributed by atoms with van der Waals surface area (Å²) in [5.74, 6) is 0.866. The largest absolute Gasteiger partial charge is 0.385 e. The Hall–Kier alpha value is -0.0800. The highest BCUT2D eigenvalue weighted by Crippen LogP contribution is 2.25. The van der Waals surface area contributed by atoms with Crippen LogP contribution in [0.3, 0.4) is 0 Å². The molecule has 1 saturated carbocycles. The SMILES string of the molecule is COCCC(C)NC1CCCC1C. The molecule has 1 aliphatic carbocycles. The molecule has 3 atom stereocenters. The van der Waals surface area contributed by atoms with Crippen molar-refractivity contribution in [3.05, 3.63) is 0 Å². The van der Waals surface area contributed by atoms with Crippen LogP contribution >= 0.6 is 0 Å². The van der Waals surface area contributed by atoms with Crippen molar-refractivity contribution >= 4 is 0 Å². The average molecular weight is 185 g/mol. The molecular formula is C11H23NO. The van der Waals surface area contributed by atoms with Crippen LogP contribution in [0.4, 0.5) is 0 Å². The summed E-state index contributed by atoms with van der Waals surface area (Å²) in [5, 5.41) is 3.68. The summed E-state index contributed by atoms with van der Waals surface area (Å²) in [6, 6.07) is 1.36. The van der Waals surface area contributed by atoms with Gasteiger partial charge in [0.05, 0.1) is 0 Å². The molecule has 0 bridgehead atoms. The predicted octanol–water partition coefficient (Wildman–Crippen LogP) is 2.19. The lowest BCUT2D eigenvalue weighted by atomic mass is 10.1. The summed E-state index contributed by atoms with van der Waals surface area (Å²) < 4.78 is 5.06. The lowest BCUT2D eigenvalue weighted by Crippen LogP contribution is -2.38. The quantitative estimate of drug-likeness (QED) is 0.709. The van der Waals surface area contributed by atoms with Crippen LogP contribution in [0, 0.1) is 5.92 Å². The predicted molar refractivity (Wildman–Crippen MR) is 55.9 cm³/mol. The van der Waals surface area contributed by atoms with Gasteiger partial charge in [-0.3, -0.25) is 0 Å². The summed E-state index contributed by atoms with van der Waals surface area (Å²) in [6.07, 6.45) is 5.28. The van der Waals surface area contributed by atoms with Crippen LogP contribution in [0.5, 0.6) is 0 Å². The Balaban J connectivity index is 2.15. The van der Waals surface area contributed by atoms with Crippen molar-refractivity contribution in [3.8, 4) is 0 Å². The molecule has 0 saturated heterocycles. The second-order valence-electron chi connectivity index (χ2n) is 4.36. The summed E-state index contributed by atoms with van der Waals surface area (Å²) >= 11 is 0. The molecule has 0 aromatic rings. The van der Waals surface area contributed by atoms with E-state index in [1.807, 2.05) is 0 Å². The highest BCUT2D eigenvalue weighted by atomic mass is 16.5. The number of ether oxygens (including phenoxy) is 1. The van der Waals surface area contributed by atoms with Gasteiger partial charge in [0, 0.05) is 25.8 Å². The van der Waals surface area contributed by atoms with E-state index in [2.05, 4.69) is 19.2 Å². The van der Waals surface area contributed by atoms with E-state index in [1.165, 1.54) is 19.3 Å². The maximum Gasteiger partial charge on any atom is 0.0476 e. The second kappa shape index (κ2) is 5.61. The summed E-state index contributed by atoms with van der Waals surface area (Å²) in [4.78, 5) is 0. The fraction of sp³-hybridized carbons (Fsp3) is 1.00. The molecule has 1 N–H and O–H groups in total. The number of rotatable bonds is 5. The lowest BCUT2D eigenvalue weighted by Gasteiger charge is -2.22. The zero-order chi connectivity index (χ0) is 9.68. The van der Waals surface area contributed by atoms with Gasteiger partial charge in [-0.05, 0) is 32.1 Å². The Morgan fingerprint density at radius 2 is 2.23 bits per heavy atom. The second-order valence-corrected chi connectivity index (χ2v) is 4.36. The molecular weight excluding hydrogens is 162 g/mol. The van der Waals surface area contributed by atoms with Gasteiger partial charge in [-0.2, -0.15) is 0 Å². The van der Waals surface area contributed by atoms with Crippen molar-refractivity contribution in [1.82, 2.24) is 5.32 Å². The van der Waals surface area contributed by atoms with Crippen LogP contribution < -0.4 is 5.32 Å². The van der Waals surface area contributed by atoms with E-state index < -0.39 is 0 Å². The van der Waals surface area contributed by atoms with Gasteiger partial charge < -0.3 is 10.1 Å². The van der Waals surface area contributed by atoms with E-state index in [1.54, 1.807) is 7.11 Å². The van der Waals surface area contributed by atoms with Gasteiger partial charge in [0.15, 0.2) is 0 Å². The van der Waals surface area contributed by atoms with E-state index in [9.17, 15) is 0 Å². The van der Waals surface area contributed by atoms with E-state index >= 15 is 0 Å². The molecule has 0 aromatic heterocycles. The topological polar surface area (TPSA) is 21.3 Å². The Bertz CT molecular complexity index is 138. The molecule has 78 valence electrons. The van der Waals surface area contributed by atoms with E-state index in [0.29, 0.717) is 6.04 Å². The third-order valence-corrected chi connectivity index (χ3v) is 3.12. The number of methoxy groups -OCH3 is 1. The standard InChI is InChI=1S/C11H23NO/c1-9-5-4-6-11(9)12-10(2)7-8-13-3/h9-12H,4-8H2,1-3H3. The lowest BCUT2D eigenvalue weighted by molar-refractivity contribution is 0.181. The van der Waals surface area contributed by atoms with E-state index in [0.717, 1.165) is 25.0 Å². The average Bonchev–Trinajstić information content (AvgIpc) is 2.48. The molecule has 2 heteroatoms. The van der Waals surface area contributed by atoms with Crippen molar-refractivity contribution in [3.63, 3.8) is 0 Å². The third kappa shape index (κ3) is 3.65. The van der Waals surface area contributed by atoms with Gasteiger partial charge in [0.1, 0.15) is 0 Å². The molecule has 0 amide bonds. The minimum Gasteiger partial charge on any atom is -0.385 e. The summed E-state index contributed by atoms with van der Waals surface area (Å²) in [7, 11) is 1.77. The van der Waals surface area contributed by atoms with E-state index in [-0.39, 0.29) is 0 Å². The molecule has 1 aliphatic rings. The number of hydrogen-bond donors (Lipinski definition) is 1. The van der Waals surface area contributed by atoms with Gasteiger partial charge in [-0.15, -0.1) is 0 Å². The van der Waals surface area contributed by atoms with Gasteiger partial charge >= 0.3 is 0 Å². The summed E-state index contributed by atoms with van der Waals surface area (Å²) in [6.45, 7) is 5.48. The number of nitrogens with one attached hydrogen (secondary N) is 1. The zero-order valence-corrected chi connectivity index (χ0v) is 9.18. The van der Waals surface area contributed by atoms with Crippen LogP contribution in [0.1, 0.15) is 39.5 Å². The van der Waals surface area contributed by atoms with Gasteiger partial charge in [-0.25, -0.2) is 0 Å². The fourth-order valence-electron chi connectivity index (χ4n) is 2.14. The minimum absolute atomic E-state index is 0.602. The highest BCUT2D eigenvalue weighted by molar-refractivity contribution is 4.82. The molecule has 2 nitrogen and oxygen atoms in total. The monoisotopic (exact) mass is 185 g/mol. The first-order chi connectivity index (χ1) is 6.24. The van der Waals surface area contributed by atoms with Crippen molar-refractivity contribution < 1.29 is 4.74 Å². The molecule has 13 heavy (non-hydrogen) atoms. The molecule has 1 rings (SSSR count). The van der Waals surface area contributed by atoms with Crippen molar-refractivity contribution in [1.29, 1.82) is 0 Å². The Labute approximate surface area is 82.0 Å². The van der Waals surface area contributed by atoms with Gasteiger partial charge in [0.25, 0.3) is 0 Å². The Morgan fingerprint density at radius 3 is 2.77 bits per heavy atom. The highest BCUT2D eigenvalue weighted by Gasteiger charge is 2.23. The smallest absolute Gasteiger partial charge is 0.0476 e. The molecule has 1 fully saturated rings. The molecule has 0 aromatic carbocycles. The molecule has 0 heterocycles. The van der Waals surface area contributed by atoms with E-state index in [4.69, 9.17) is 4.74 Å².